The Morgan fingerprint density at radius 2 is 2.05 bits per heavy atom. The largest absolute Gasteiger partial charge is 0.394 e. The summed E-state index contributed by atoms with van der Waals surface area (Å²) in [5.41, 5.74) is 6.44. The van der Waals surface area contributed by atoms with Crippen LogP contribution >= 0.6 is 0 Å². The van der Waals surface area contributed by atoms with E-state index >= 15 is 0 Å². The summed E-state index contributed by atoms with van der Waals surface area (Å²) in [6.45, 7) is 0.528. The Morgan fingerprint density at radius 3 is 2.57 bits per heavy atom. The molecule has 2 atom stereocenters. The van der Waals surface area contributed by atoms with Crippen LogP contribution in [0.5, 0.6) is 0 Å². The Balaban J connectivity index is 1.97. The van der Waals surface area contributed by atoms with Crippen LogP contribution in [-0.2, 0) is 15.4 Å². The van der Waals surface area contributed by atoms with Crippen molar-refractivity contribution in [2.75, 3.05) is 31.7 Å². The van der Waals surface area contributed by atoms with Gasteiger partial charge in [-0.25, -0.2) is 8.42 Å². The monoisotopic (exact) mass is 312 g/mol. The van der Waals surface area contributed by atoms with Crippen molar-refractivity contribution in [2.45, 2.75) is 24.4 Å². The number of aliphatic hydroxyl groups is 1. The van der Waals surface area contributed by atoms with Gasteiger partial charge in [0.25, 0.3) is 0 Å². The molecule has 2 rings (SSSR count). The Hall–Kier alpha value is -0.950. The summed E-state index contributed by atoms with van der Waals surface area (Å²) in [7, 11) is -0.949. The minimum atomic E-state index is -2.87. The first-order chi connectivity index (χ1) is 9.86. The van der Waals surface area contributed by atoms with Crippen LogP contribution in [0.15, 0.2) is 30.3 Å². The quantitative estimate of drug-likeness (QED) is 0.791. The van der Waals surface area contributed by atoms with E-state index in [0.717, 1.165) is 5.56 Å². The number of hydrogen-bond acceptors (Lipinski definition) is 5. The van der Waals surface area contributed by atoms with Gasteiger partial charge in [-0.05, 0) is 25.5 Å². The highest BCUT2D eigenvalue weighted by atomic mass is 32.2. The smallest absolute Gasteiger partial charge is 0.151 e. The highest BCUT2D eigenvalue weighted by Crippen LogP contribution is 2.23. The number of benzene rings is 1. The van der Waals surface area contributed by atoms with Gasteiger partial charge in [-0.3, -0.25) is 0 Å². The second-order valence-corrected chi connectivity index (χ2v) is 8.20. The topological polar surface area (TPSA) is 83.6 Å². The normalized spacial score (nSPS) is 24.1. The first-order valence-electron chi connectivity index (χ1n) is 7.22. The van der Waals surface area contributed by atoms with Crippen LogP contribution in [0.1, 0.15) is 18.4 Å². The van der Waals surface area contributed by atoms with E-state index in [1.165, 1.54) is 0 Å². The lowest BCUT2D eigenvalue weighted by Crippen LogP contribution is -2.45. The molecule has 1 aromatic carbocycles. The molecule has 0 saturated carbocycles. The van der Waals surface area contributed by atoms with E-state index in [-0.39, 0.29) is 24.2 Å². The standard InChI is InChI=1S/C15H24N2O3S/c1-17(14-7-10-21(19,20)11-14)9-8-15(16,12-18)13-5-3-2-4-6-13/h2-6,14,18H,7-12,16H2,1H3. The van der Waals surface area contributed by atoms with Gasteiger partial charge in [0.2, 0.25) is 0 Å². The molecule has 1 saturated heterocycles. The fourth-order valence-corrected chi connectivity index (χ4v) is 4.57. The lowest BCUT2D eigenvalue weighted by molar-refractivity contribution is 0.160. The van der Waals surface area contributed by atoms with E-state index in [4.69, 9.17) is 5.73 Å². The van der Waals surface area contributed by atoms with Gasteiger partial charge in [0.1, 0.15) is 0 Å². The molecule has 3 N–H and O–H groups in total. The van der Waals surface area contributed by atoms with Crippen molar-refractivity contribution in [1.29, 1.82) is 0 Å². The van der Waals surface area contributed by atoms with Gasteiger partial charge in [0.05, 0.1) is 23.7 Å². The van der Waals surface area contributed by atoms with Gasteiger partial charge in [-0.2, -0.15) is 0 Å². The molecule has 2 unspecified atom stereocenters. The van der Waals surface area contributed by atoms with E-state index in [9.17, 15) is 13.5 Å². The predicted molar refractivity (Wildman–Crippen MR) is 83.7 cm³/mol. The van der Waals surface area contributed by atoms with Crippen molar-refractivity contribution in [3.8, 4) is 0 Å². The Bertz CT molecular complexity index is 562. The average molecular weight is 312 g/mol. The van der Waals surface area contributed by atoms with E-state index in [2.05, 4.69) is 0 Å². The van der Waals surface area contributed by atoms with Gasteiger partial charge in [-0.15, -0.1) is 0 Å². The van der Waals surface area contributed by atoms with Crippen LogP contribution < -0.4 is 5.73 Å². The number of nitrogens with zero attached hydrogens (tertiary/aromatic N) is 1. The first-order valence-corrected chi connectivity index (χ1v) is 9.04. The number of rotatable bonds is 6. The van der Waals surface area contributed by atoms with Crippen molar-refractivity contribution in [1.82, 2.24) is 4.90 Å². The number of hydrogen-bond donors (Lipinski definition) is 2. The van der Waals surface area contributed by atoms with Crippen molar-refractivity contribution in [3.05, 3.63) is 35.9 Å². The van der Waals surface area contributed by atoms with Gasteiger partial charge >= 0.3 is 0 Å². The minimum absolute atomic E-state index is 0.0636. The molecule has 6 heteroatoms. The van der Waals surface area contributed by atoms with E-state index in [0.29, 0.717) is 19.4 Å². The van der Waals surface area contributed by atoms with Crippen LogP contribution in [0.4, 0.5) is 0 Å². The molecule has 0 bridgehead atoms. The van der Waals surface area contributed by atoms with Crippen LogP contribution in [-0.4, -0.2) is 56.2 Å². The average Bonchev–Trinajstić information content (AvgIpc) is 2.85. The molecule has 21 heavy (non-hydrogen) atoms. The summed E-state index contributed by atoms with van der Waals surface area (Å²) >= 11 is 0. The van der Waals surface area contributed by atoms with Crippen LogP contribution in [0.25, 0.3) is 0 Å². The van der Waals surface area contributed by atoms with Crippen LogP contribution in [0, 0.1) is 0 Å². The van der Waals surface area contributed by atoms with E-state index < -0.39 is 15.4 Å². The maximum atomic E-state index is 11.5. The third-order valence-corrected chi connectivity index (χ3v) is 6.12. The van der Waals surface area contributed by atoms with Crippen molar-refractivity contribution in [3.63, 3.8) is 0 Å². The minimum Gasteiger partial charge on any atom is -0.394 e. The van der Waals surface area contributed by atoms with E-state index in [1.807, 2.05) is 42.3 Å². The Labute approximate surface area is 126 Å². The summed E-state index contributed by atoms with van der Waals surface area (Å²) in [6, 6.07) is 9.61. The SMILES string of the molecule is CN(CCC(N)(CO)c1ccccc1)C1CCS(=O)(=O)C1. The highest BCUT2D eigenvalue weighted by molar-refractivity contribution is 7.91. The molecule has 0 amide bonds. The highest BCUT2D eigenvalue weighted by Gasteiger charge is 2.32. The van der Waals surface area contributed by atoms with Crippen LogP contribution in [0.3, 0.4) is 0 Å². The molecular weight excluding hydrogens is 288 g/mol. The lowest BCUT2D eigenvalue weighted by atomic mass is 9.88. The zero-order valence-electron chi connectivity index (χ0n) is 12.4. The van der Waals surface area contributed by atoms with Crippen molar-refractivity contribution >= 4 is 9.84 Å². The van der Waals surface area contributed by atoms with Crippen LogP contribution in [0.2, 0.25) is 0 Å². The molecule has 0 aromatic heterocycles. The summed E-state index contributed by atoms with van der Waals surface area (Å²) in [5, 5.41) is 9.66. The molecule has 1 aliphatic heterocycles. The fourth-order valence-electron chi connectivity index (χ4n) is 2.77. The molecule has 0 spiro atoms. The molecule has 1 aromatic rings. The van der Waals surface area contributed by atoms with Gasteiger partial charge in [-0.1, -0.05) is 30.3 Å². The third-order valence-electron chi connectivity index (χ3n) is 4.37. The number of aliphatic hydroxyl groups excluding tert-OH is 1. The Kier molecular flexibility index (Phi) is 5.03. The Morgan fingerprint density at radius 1 is 1.38 bits per heavy atom. The first kappa shape index (κ1) is 16.4. The van der Waals surface area contributed by atoms with Crippen molar-refractivity contribution < 1.29 is 13.5 Å². The maximum Gasteiger partial charge on any atom is 0.151 e. The third kappa shape index (κ3) is 4.03. The maximum absolute atomic E-state index is 11.5. The summed E-state index contributed by atoms with van der Waals surface area (Å²) in [4.78, 5) is 2.05. The van der Waals surface area contributed by atoms with Gasteiger partial charge in [0.15, 0.2) is 9.84 Å². The molecule has 1 aliphatic rings. The lowest BCUT2D eigenvalue weighted by Gasteiger charge is -2.31. The van der Waals surface area contributed by atoms with Gasteiger partial charge in [0, 0.05) is 12.6 Å². The van der Waals surface area contributed by atoms with Gasteiger partial charge < -0.3 is 15.7 Å². The summed E-state index contributed by atoms with van der Waals surface area (Å²) in [5.74, 6) is 0.500. The summed E-state index contributed by atoms with van der Waals surface area (Å²) < 4.78 is 23.1. The molecule has 5 nitrogen and oxygen atoms in total. The number of nitrogens with two attached hydrogens (primary N) is 1. The predicted octanol–water partition coefficient (Wildman–Crippen LogP) is 0.342. The molecule has 1 fully saturated rings. The van der Waals surface area contributed by atoms with Crippen molar-refractivity contribution in [2.24, 2.45) is 5.73 Å². The number of sulfone groups is 1. The van der Waals surface area contributed by atoms with E-state index in [1.54, 1.807) is 0 Å². The molecule has 0 radical (unpaired) electrons. The second-order valence-electron chi connectivity index (χ2n) is 5.97. The zero-order valence-corrected chi connectivity index (χ0v) is 13.2. The fraction of sp³-hybridized carbons (Fsp3) is 0.600. The molecular formula is C15H24N2O3S. The molecule has 0 aliphatic carbocycles. The zero-order chi connectivity index (χ0) is 15.5. The molecule has 1 heterocycles. The molecule has 118 valence electrons. The second kappa shape index (κ2) is 6.44. The summed E-state index contributed by atoms with van der Waals surface area (Å²) in [6.07, 6.45) is 1.27.